The Bertz CT molecular complexity index is 3770. The van der Waals surface area contributed by atoms with E-state index in [2.05, 4.69) is 290 Å². The van der Waals surface area contributed by atoms with E-state index in [0.717, 1.165) is 99.8 Å². The summed E-state index contributed by atoms with van der Waals surface area (Å²) in [6.07, 6.45) is 21.8. The van der Waals surface area contributed by atoms with Gasteiger partial charge in [-0.2, -0.15) is 0 Å². The molecule has 13 rings (SSSR count). The molecule has 0 radical (unpaired) electrons. The van der Waals surface area contributed by atoms with Gasteiger partial charge < -0.3 is 20.0 Å². The number of para-hydroxylation sites is 5. The maximum Gasteiger partial charge on any atom is 0.0973 e. The molecule has 0 aliphatic heterocycles. The van der Waals surface area contributed by atoms with Crippen LogP contribution in [0, 0.1) is 5.92 Å². The minimum Gasteiger partial charge on any atom is -0.359 e. The molecule has 2 atom stereocenters. The van der Waals surface area contributed by atoms with Gasteiger partial charge in [-0.25, -0.2) is 9.97 Å². The van der Waals surface area contributed by atoms with E-state index in [-0.39, 0.29) is 5.54 Å². The van der Waals surface area contributed by atoms with Gasteiger partial charge in [0.25, 0.3) is 0 Å². The lowest BCUT2D eigenvalue weighted by Crippen LogP contribution is -2.33. The first-order valence-electron chi connectivity index (χ1n) is 29.1. The second-order valence-electron chi connectivity index (χ2n) is 21.2. The fourth-order valence-electron chi connectivity index (χ4n) is 11.1. The molecule has 0 bridgehead atoms. The molecule has 1 fully saturated rings. The molecular weight excluding hydrogens is 985 g/mol. The van der Waals surface area contributed by atoms with Gasteiger partial charge in [-0.05, 0) is 152 Å². The van der Waals surface area contributed by atoms with Crippen molar-refractivity contribution in [3.8, 4) is 22.5 Å². The van der Waals surface area contributed by atoms with Crippen molar-refractivity contribution in [2.24, 2.45) is 5.92 Å². The van der Waals surface area contributed by atoms with Gasteiger partial charge in [0.05, 0.1) is 28.0 Å². The Morgan fingerprint density at radius 1 is 0.469 bits per heavy atom. The zero-order chi connectivity index (χ0) is 55.4. The number of hydrogen-bond donors (Lipinski definition) is 1. The number of benzene rings is 9. The van der Waals surface area contributed by atoms with Crippen molar-refractivity contribution >= 4 is 67.3 Å². The minimum absolute atomic E-state index is 0.102. The summed E-state index contributed by atoms with van der Waals surface area (Å²) >= 11 is 0. The Hall–Kier alpha value is -9.26. The summed E-state index contributed by atoms with van der Waals surface area (Å²) in [5.41, 5.74) is 16.6. The predicted octanol–water partition coefficient (Wildman–Crippen LogP) is 21.0. The summed E-state index contributed by atoms with van der Waals surface area (Å²) in [6.45, 7) is 8.50. The van der Waals surface area contributed by atoms with Gasteiger partial charge in [-0.15, -0.1) is 0 Å². The van der Waals surface area contributed by atoms with Crippen LogP contribution in [0.1, 0.15) is 72.6 Å². The normalized spacial score (nSPS) is 16.0. The summed E-state index contributed by atoms with van der Waals surface area (Å²) < 4.78 is 0. The predicted molar refractivity (Wildman–Crippen MR) is 346 cm³/mol. The smallest absolute Gasteiger partial charge is 0.0973 e. The molecular formula is C75H72N6. The molecule has 3 aliphatic rings. The van der Waals surface area contributed by atoms with E-state index in [1.807, 2.05) is 24.3 Å². The maximum atomic E-state index is 5.32. The summed E-state index contributed by atoms with van der Waals surface area (Å²) in [4.78, 5) is 17.9. The molecule has 10 aromatic rings. The largest absolute Gasteiger partial charge is 0.359 e. The van der Waals surface area contributed by atoms with Crippen LogP contribution in [0.5, 0.6) is 0 Å². The number of nitrogens with one attached hydrogen (secondary N) is 1. The van der Waals surface area contributed by atoms with Crippen LogP contribution in [0.4, 0.5) is 45.5 Å². The highest BCUT2D eigenvalue weighted by molar-refractivity contribution is 5.91. The molecule has 6 nitrogen and oxygen atoms in total. The number of rotatable bonds is 13. The van der Waals surface area contributed by atoms with Crippen molar-refractivity contribution < 1.29 is 0 Å². The van der Waals surface area contributed by atoms with Gasteiger partial charge in [0.15, 0.2) is 0 Å². The lowest BCUT2D eigenvalue weighted by molar-refractivity contribution is 0.759. The van der Waals surface area contributed by atoms with Crippen LogP contribution in [-0.2, 0) is 0 Å². The van der Waals surface area contributed by atoms with Crippen molar-refractivity contribution in [1.82, 2.24) is 9.97 Å². The summed E-state index contributed by atoms with van der Waals surface area (Å²) in [5.74, 6) is 0.378. The molecule has 3 aliphatic carbocycles. The van der Waals surface area contributed by atoms with Gasteiger partial charge in [-0.3, -0.25) is 0 Å². The third-order valence-corrected chi connectivity index (χ3v) is 14.9. The molecule has 9 aromatic carbocycles. The van der Waals surface area contributed by atoms with Crippen LogP contribution in [0.15, 0.2) is 278 Å². The number of fused-ring (bicyclic) bond motifs is 3. The van der Waals surface area contributed by atoms with Gasteiger partial charge in [0.2, 0.25) is 0 Å². The van der Waals surface area contributed by atoms with E-state index >= 15 is 0 Å². The number of allylic oxidation sites excluding steroid dienone is 4. The second-order valence-corrected chi connectivity index (χ2v) is 21.2. The highest BCUT2D eigenvalue weighted by Crippen LogP contribution is 2.56. The molecule has 1 heterocycles. The van der Waals surface area contributed by atoms with Crippen LogP contribution >= 0.6 is 0 Å². The average Bonchev–Trinajstić information content (AvgIpc) is 4.48. The summed E-state index contributed by atoms with van der Waals surface area (Å²) in [6, 6.07) is 82.2. The molecule has 0 amide bonds. The number of nitrogens with zero attached hydrogens (tertiary/aromatic N) is 5. The third kappa shape index (κ3) is 12.0. The van der Waals surface area contributed by atoms with Gasteiger partial charge in [0.1, 0.15) is 0 Å². The van der Waals surface area contributed by atoms with Crippen LogP contribution in [0.2, 0.25) is 0 Å². The van der Waals surface area contributed by atoms with E-state index in [4.69, 9.17) is 9.97 Å². The quantitative estimate of drug-likeness (QED) is 0.116. The highest BCUT2D eigenvalue weighted by Gasteiger charge is 2.56. The zero-order valence-electron chi connectivity index (χ0n) is 47.2. The standard InChI is InChI=1S/C69H56N6.2C3H8/c1-2-7-23-57(22-6-1)73(58-24-8-3-9-25-58)60-42-44-61(45-43-60)74(64-41-34-50-19-14-15-20-53(50)47-64)59-39-35-52(36-40-59)68-67(71-65-30-16-17-31-66(65)72-68)51-32-37-55(38-33-51)70-56-21-18-46-69(49-54(69)48-56)75(62-26-10-4-11-27-62)63-28-12-5-13-29-63;2*1-3-2/h3-6,8-20,22-48,54,70H,1-2,7,21,49H2;2*3H2,1-2H3. The fraction of sp³-hybridized carbons (Fsp3) is 0.173. The third-order valence-electron chi connectivity index (χ3n) is 14.9. The lowest BCUT2D eigenvalue weighted by Gasteiger charge is -2.33. The van der Waals surface area contributed by atoms with Crippen molar-refractivity contribution in [3.63, 3.8) is 0 Å². The molecule has 402 valence electrons. The zero-order valence-corrected chi connectivity index (χ0v) is 47.2. The molecule has 2 unspecified atom stereocenters. The average molecular weight is 1060 g/mol. The number of hydrogen-bond acceptors (Lipinski definition) is 6. The maximum absolute atomic E-state index is 5.32. The molecule has 0 saturated heterocycles. The topological polar surface area (TPSA) is 47.5 Å². The van der Waals surface area contributed by atoms with Gasteiger partial charge in [0, 0.05) is 80.4 Å². The van der Waals surface area contributed by atoms with Crippen molar-refractivity contribution in [1.29, 1.82) is 0 Å². The van der Waals surface area contributed by atoms with Crippen molar-refractivity contribution in [2.45, 2.75) is 78.2 Å². The summed E-state index contributed by atoms with van der Waals surface area (Å²) in [5, 5.41) is 6.20. The van der Waals surface area contributed by atoms with Crippen LogP contribution in [-0.4, -0.2) is 15.5 Å². The second kappa shape index (κ2) is 25.2. The molecule has 1 saturated carbocycles. The highest BCUT2D eigenvalue weighted by atomic mass is 15.2. The SMILES string of the molecule is C1=CC(N(c2ccccc2)c2ccc(N(c3ccc(-c4nc5ccccc5nc4-c4ccc(NC5=CC6CC6(N(c6ccccc6)c6ccccc6)C=CC5)cc4)cc3)c3ccc4ccccc4c3)cc2)=CCCC1.CCC.CCC. The van der Waals surface area contributed by atoms with E-state index in [1.165, 1.54) is 46.4 Å². The van der Waals surface area contributed by atoms with Crippen LogP contribution in [0.3, 0.4) is 0 Å². The van der Waals surface area contributed by atoms with Crippen LogP contribution < -0.4 is 20.0 Å². The van der Waals surface area contributed by atoms with Crippen LogP contribution in [0.25, 0.3) is 44.3 Å². The Morgan fingerprint density at radius 3 is 1.54 bits per heavy atom. The molecule has 1 aromatic heterocycles. The van der Waals surface area contributed by atoms with E-state index < -0.39 is 0 Å². The first-order chi connectivity index (χ1) is 40.0. The van der Waals surface area contributed by atoms with E-state index in [1.54, 1.807) is 0 Å². The first-order valence-corrected chi connectivity index (χ1v) is 29.1. The Balaban J connectivity index is 0.00000110. The van der Waals surface area contributed by atoms with E-state index in [9.17, 15) is 0 Å². The minimum atomic E-state index is -0.102. The number of aromatic nitrogens is 2. The Labute approximate surface area is 479 Å². The molecule has 0 spiro atoms. The van der Waals surface area contributed by atoms with Crippen molar-refractivity contribution in [2.75, 3.05) is 20.0 Å². The molecule has 6 heteroatoms. The van der Waals surface area contributed by atoms with Gasteiger partial charge >= 0.3 is 0 Å². The number of anilines is 8. The van der Waals surface area contributed by atoms with Gasteiger partial charge in [-0.1, -0.05) is 192 Å². The van der Waals surface area contributed by atoms with Crippen molar-refractivity contribution in [3.05, 3.63) is 278 Å². The first kappa shape index (κ1) is 53.7. The molecule has 81 heavy (non-hydrogen) atoms. The monoisotopic (exact) mass is 1060 g/mol. The fourth-order valence-corrected chi connectivity index (χ4v) is 11.1. The Morgan fingerprint density at radius 2 is 0.951 bits per heavy atom. The Kier molecular flexibility index (Phi) is 16.7. The van der Waals surface area contributed by atoms with E-state index in [0.29, 0.717) is 5.92 Å². The lowest BCUT2D eigenvalue weighted by atomic mass is 10.0. The molecule has 1 N–H and O–H groups in total. The summed E-state index contributed by atoms with van der Waals surface area (Å²) in [7, 11) is 0.